The normalized spacial score (nSPS) is 13.0. The molecule has 6 heteroatoms. The average Bonchev–Trinajstić information content (AvgIpc) is 3.48. The minimum absolute atomic E-state index is 0.122. The number of hydrogen-bond acceptors (Lipinski definition) is 2. The van der Waals surface area contributed by atoms with Gasteiger partial charge < -0.3 is 13.7 Å². The van der Waals surface area contributed by atoms with E-state index in [-0.39, 0.29) is 6.71 Å². The van der Waals surface area contributed by atoms with Crippen LogP contribution in [0.4, 0.5) is 0 Å². The highest BCUT2D eigenvalue weighted by Crippen LogP contribution is 2.46. The first-order chi connectivity index (χ1) is 23.9. The summed E-state index contributed by atoms with van der Waals surface area (Å²) in [5.74, 6) is 0. The summed E-state index contributed by atoms with van der Waals surface area (Å²) in [4.78, 5) is 0. The third kappa shape index (κ3) is 3.02. The molecule has 2 aliphatic rings. The fraction of sp³-hybridized carbons (Fsp3) is 0. The topological polar surface area (TPSA) is 14.8 Å². The van der Waals surface area contributed by atoms with Gasteiger partial charge in [-0.15, -0.1) is 22.7 Å². The number of para-hydroxylation sites is 6. The molecule has 0 saturated heterocycles. The quantitative estimate of drug-likeness (QED) is 0.125. The van der Waals surface area contributed by atoms with E-state index in [4.69, 9.17) is 0 Å². The highest BCUT2D eigenvalue weighted by atomic mass is 32.1. The van der Waals surface area contributed by atoms with E-state index < -0.39 is 0 Å². The van der Waals surface area contributed by atoms with Crippen molar-refractivity contribution in [2.45, 2.75) is 0 Å². The molecule has 0 aliphatic carbocycles. The molecule has 0 amide bonds. The molecule has 10 aromatic rings. The van der Waals surface area contributed by atoms with Crippen LogP contribution in [0.2, 0.25) is 0 Å². The van der Waals surface area contributed by atoms with Crippen LogP contribution in [0, 0.1) is 0 Å². The molecular weight excluding hydrogens is 621 g/mol. The monoisotopic (exact) mass is 645 g/mol. The van der Waals surface area contributed by atoms with E-state index in [9.17, 15) is 0 Å². The maximum Gasteiger partial charge on any atom is 0.252 e. The van der Waals surface area contributed by atoms with Crippen molar-refractivity contribution < 1.29 is 0 Å². The second kappa shape index (κ2) is 9.07. The van der Waals surface area contributed by atoms with Crippen LogP contribution in [0.15, 0.2) is 146 Å². The Morgan fingerprint density at radius 3 is 1.33 bits per heavy atom. The molecule has 5 heterocycles. The Hall–Kier alpha value is -5.56. The van der Waals surface area contributed by atoms with E-state index in [2.05, 4.69) is 159 Å². The summed E-state index contributed by atoms with van der Waals surface area (Å²) in [6.45, 7) is 0.122. The first-order valence-electron chi connectivity index (χ1n) is 16.4. The van der Waals surface area contributed by atoms with Crippen LogP contribution in [0.3, 0.4) is 0 Å². The smallest absolute Gasteiger partial charge is 0.252 e. The fourth-order valence-corrected chi connectivity index (χ4v) is 11.2. The summed E-state index contributed by atoms with van der Waals surface area (Å²) in [5.41, 5.74) is 15.5. The summed E-state index contributed by atoms with van der Waals surface area (Å²) < 4.78 is 12.9. The van der Waals surface area contributed by atoms with Crippen LogP contribution in [0.1, 0.15) is 0 Å². The number of aromatic nitrogens is 3. The number of rotatable bonds is 1. The second-order valence-electron chi connectivity index (χ2n) is 12.8. The molecule has 3 nitrogen and oxygen atoms in total. The lowest BCUT2D eigenvalue weighted by molar-refractivity contribution is 1.15. The van der Waals surface area contributed by atoms with Crippen molar-refractivity contribution >= 4 is 108 Å². The van der Waals surface area contributed by atoms with Crippen LogP contribution >= 0.6 is 22.7 Å². The van der Waals surface area contributed by atoms with Gasteiger partial charge in [0.2, 0.25) is 0 Å². The van der Waals surface area contributed by atoms with Crippen molar-refractivity contribution in [2.24, 2.45) is 0 Å². The average molecular weight is 646 g/mol. The molecule has 0 fully saturated rings. The highest BCUT2D eigenvalue weighted by molar-refractivity contribution is 7.28. The zero-order valence-electron chi connectivity index (χ0n) is 25.6. The molecule has 0 N–H and O–H groups in total. The Morgan fingerprint density at radius 2 is 0.812 bits per heavy atom. The lowest BCUT2D eigenvalue weighted by Crippen LogP contribution is -2.59. The third-order valence-corrected chi connectivity index (χ3v) is 12.8. The SMILES string of the molecule is c1ccc2c(c1)B1c3ccccc3-n3c4ccccc4sc4c(-n5c6ccccc6c6ccccc65)c5sc6ccccc6n-2c5c1c43. The molecule has 12 rings (SSSR count). The molecule has 0 radical (unpaired) electrons. The van der Waals surface area contributed by atoms with E-state index in [1.54, 1.807) is 0 Å². The first-order valence-corrected chi connectivity index (χ1v) is 18.0. The summed E-state index contributed by atoms with van der Waals surface area (Å²) in [7, 11) is 0. The largest absolute Gasteiger partial charge is 0.309 e. The lowest BCUT2D eigenvalue weighted by Gasteiger charge is -2.37. The van der Waals surface area contributed by atoms with E-state index in [0.717, 1.165) is 0 Å². The van der Waals surface area contributed by atoms with Crippen LogP contribution in [0.5, 0.6) is 0 Å². The molecule has 0 saturated carbocycles. The summed E-state index contributed by atoms with van der Waals surface area (Å²) in [6.07, 6.45) is 0. The molecule has 0 atom stereocenters. The molecule has 3 aromatic heterocycles. The Balaban J connectivity index is 1.47. The molecular formula is C42H24BN3S2. The predicted molar refractivity (Wildman–Crippen MR) is 207 cm³/mol. The molecule has 48 heavy (non-hydrogen) atoms. The van der Waals surface area contributed by atoms with Gasteiger partial charge in [0, 0.05) is 22.1 Å². The van der Waals surface area contributed by atoms with E-state index in [1.165, 1.54) is 96.1 Å². The summed E-state index contributed by atoms with van der Waals surface area (Å²) >= 11 is 3.87. The van der Waals surface area contributed by atoms with Crippen molar-refractivity contribution in [3.05, 3.63) is 146 Å². The van der Waals surface area contributed by atoms with Crippen LogP contribution in [0.25, 0.3) is 79.7 Å². The van der Waals surface area contributed by atoms with Crippen molar-refractivity contribution in [1.82, 2.24) is 13.7 Å². The highest BCUT2D eigenvalue weighted by Gasteiger charge is 2.41. The zero-order chi connectivity index (χ0) is 31.1. The molecule has 0 bridgehead atoms. The van der Waals surface area contributed by atoms with Crippen LogP contribution in [-0.4, -0.2) is 20.4 Å². The maximum absolute atomic E-state index is 2.58. The van der Waals surface area contributed by atoms with Gasteiger partial charge in [0.05, 0.1) is 57.6 Å². The Bertz CT molecular complexity index is 2890. The summed E-state index contributed by atoms with van der Waals surface area (Å²) in [6, 6.07) is 54.0. The standard InChI is InChI=1S/C42H24BN3S2/c1-5-17-29-25(13-1)26-14-2-6-18-30(26)44(29)40-41-38-37-39-42(40)48-36-24-12-10-22-34(36)46(39)32-20-8-4-16-28(32)43(37)27-15-3-7-19-31(27)45(38)33-21-9-11-23-35(33)47-41/h1-24H. The van der Waals surface area contributed by atoms with Gasteiger partial charge >= 0.3 is 0 Å². The number of fused-ring (bicyclic) bond motifs is 13. The summed E-state index contributed by atoms with van der Waals surface area (Å²) in [5, 5.41) is 2.56. The van der Waals surface area contributed by atoms with Crippen LogP contribution in [-0.2, 0) is 0 Å². The van der Waals surface area contributed by atoms with Crippen LogP contribution < -0.4 is 16.4 Å². The van der Waals surface area contributed by atoms with Gasteiger partial charge in [0.15, 0.2) is 0 Å². The van der Waals surface area contributed by atoms with Crippen molar-refractivity contribution in [2.75, 3.05) is 0 Å². The van der Waals surface area contributed by atoms with Gasteiger partial charge in [-0.2, -0.15) is 0 Å². The van der Waals surface area contributed by atoms with E-state index in [1.807, 2.05) is 22.7 Å². The lowest BCUT2D eigenvalue weighted by atomic mass is 9.34. The number of nitrogens with zero attached hydrogens (tertiary/aromatic N) is 3. The molecule has 2 aliphatic heterocycles. The van der Waals surface area contributed by atoms with Gasteiger partial charge in [-0.05, 0) is 64.9 Å². The fourth-order valence-electron chi connectivity index (χ4n) is 8.73. The van der Waals surface area contributed by atoms with Crippen molar-refractivity contribution in [3.8, 4) is 17.1 Å². The Morgan fingerprint density at radius 1 is 0.396 bits per heavy atom. The number of benzene rings is 7. The van der Waals surface area contributed by atoms with E-state index in [0.29, 0.717) is 0 Å². The first kappa shape index (κ1) is 25.5. The third-order valence-electron chi connectivity index (χ3n) is 10.5. The number of hydrogen-bond donors (Lipinski definition) is 0. The Kier molecular flexibility index (Phi) is 4.82. The predicted octanol–water partition coefficient (Wildman–Crippen LogP) is 9.37. The molecule has 7 aromatic carbocycles. The van der Waals surface area contributed by atoms with Gasteiger partial charge in [-0.25, -0.2) is 0 Å². The van der Waals surface area contributed by atoms with Gasteiger partial charge in [-0.1, -0.05) is 97.1 Å². The van der Waals surface area contributed by atoms with E-state index >= 15 is 0 Å². The van der Waals surface area contributed by atoms with Gasteiger partial charge in [0.1, 0.15) is 0 Å². The zero-order valence-corrected chi connectivity index (χ0v) is 27.2. The molecule has 0 spiro atoms. The minimum Gasteiger partial charge on any atom is -0.309 e. The second-order valence-corrected chi connectivity index (χ2v) is 15.0. The van der Waals surface area contributed by atoms with Crippen molar-refractivity contribution in [3.63, 3.8) is 0 Å². The van der Waals surface area contributed by atoms with Gasteiger partial charge in [-0.3, -0.25) is 0 Å². The maximum atomic E-state index is 2.58. The Labute approximate surface area is 283 Å². The molecule has 0 unspecified atom stereocenters. The minimum atomic E-state index is 0.122. The molecule has 222 valence electrons. The van der Waals surface area contributed by atoms with Gasteiger partial charge in [0.25, 0.3) is 6.71 Å². The van der Waals surface area contributed by atoms with Crippen molar-refractivity contribution in [1.29, 1.82) is 0 Å².